The fourth-order valence-corrected chi connectivity index (χ4v) is 4.42. The molecule has 0 saturated heterocycles. The number of aromatic amines is 1. The van der Waals surface area contributed by atoms with Crippen LogP contribution >= 0.6 is 23.8 Å². The number of nitrogens with one attached hydrogen (secondary N) is 1. The van der Waals surface area contributed by atoms with E-state index in [1.807, 2.05) is 17.4 Å². The molecule has 0 unspecified atom stereocenters. The van der Waals surface area contributed by atoms with Crippen LogP contribution in [0.5, 0.6) is 17.4 Å². The first kappa shape index (κ1) is 20.5. The molecule has 4 N–H and O–H groups in total. The standard InChI is InChI=1S/C21H20ClN3O4S/c1-28-15-9-11-7-8-23-18(12(11)10-16(15)29-2)17-19(26)24-21(30)25(20(17)27)14-6-4-3-5-13(14)22/h3-6,9-10,18,23,27H,7-8H2,1-2H3,(H,24,26,30)/p+1/t18-/m0/s1. The van der Waals surface area contributed by atoms with E-state index >= 15 is 0 Å². The third-order valence-corrected chi connectivity index (χ3v) is 5.93. The van der Waals surface area contributed by atoms with E-state index in [1.165, 1.54) is 4.57 Å². The van der Waals surface area contributed by atoms with Gasteiger partial charge in [0.1, 0.15) is 11.6 Å². The van der Waals surface area contributed by atoms with Crippen LogP contribution in [0.2, 0.25) is 5.02 Å². The minimum absolute atomic E-state index is 0.0673. The molecule has 30 heavy (non-hydrogen) atoms. The lowest BCUT2D eigenvalue weighted by atomic mass is 9.90. The highest BCUT2D eigenvalue weighted by molar-refractivity contribution is 7.71. The number of fused-ring (bicyclic) bond motifs is 1. The van der Waals surface area contributed by atoms with Gasteiger partial charge in [-0.2, -0.15) is 0 Å². The summed E-state index contributed by atoms with van der Waals surface area (Å²) >= 11 is 11.6. The molecule has 0 bridgehead atoms. The second-order valence-electron chi connectivity index (χ2n) is 6.94. The molecule has 1 aliphatic heterocycles. The maximum absolute atomic E-state index is 12.9. The van der Waals surface area contributed by atoms with Crippen molar-refractivity contribution in [2.75, 3.05) is 20.8 Å². The van der Waals surface area contributed by atoms with Gasteiger partial charge in [-0.15, -0.1) is 0 Å². The van der Waals surface area contributed by atoms with Gasteiger partial charge in [-0.05, 0) is 42.0 Å². The Hall–Kier alpha value is -2.81. The maximum atomic E-state index is 12.9. The van der Waals surface area contributed by atoms with Crippen molar-refractivity contribution in [1.29, 1.82) is 0 Å². The van der Waals surface area contributed by atoms with Gasteiger partial charge in [-0.25, -0.2) is 0 Å². The predicted octanol–water partition coefficient (Wildman–Crippen LogP) is 2.48. The normalized spacial score (nSPS) is 15.5. The summed E-state index contributed by atoms with van der Waals surface area (Å²) in [5, 5.41) is 13.6. The highest BCUT2D eigenvalue weighted by Gasteiger charge is 2.33. The summed E-state index contributed by atoms with van der Waals surface area (Å²) < 4.78 is 12.3. The number of nitrogens with two attached hydrogens (primary N) is 1. The van der Waals surface area contributed by atoms with E-state index in [1.54, 1.807) is 38.5 Å². The second kappa shape index (κ2) is 8.14. The van der Waals surface area contributed by atoms with Crippen LogP contribution in [0.3, 0.4) is 0 Å². The van der Waals surface area contributed by atoms with E-state index in [-0.39, 0.29) is 16.2 Å². The van der Waals surface area contributed by atoms with Gasteiger partial charge in [0.2, 0.25) is 5.88 Å². The van der Waals surface area contributed by atoms with Crippen LogP contribution in [-0.4, -0.2) is 35.4 Å². The van der Waals surface area contributed by atoms with E-state index in [0.29, 0.717) is 22.2 Å². The smallest absolute Gasteiger partial charge is 0.265 e. The Morgan fingerprint density at radius 3 is 2.63 bits per heavy atom. The van der Waals surface area contributed by atoms with E-state index in [9.17, 15) is 9.90 Å². The fourth-order valence-electron chi connectivity index (χ4n) is 3.92. The van der Waals surface area contributed by atoms with Crippen LogP contribution in [-0.2, 0) is 6.42 Å². The monoisotopic (exact) mass is 446 g/mol. The molecule has 156 valence electrons. The number of nitrogens with zero attached hydrogens (tertiary/aromatic N) is 1. The number of hydrogen-bond acceptors (Lipinski definition) is 5. The molecule has 0 spiro atoms. The number of H-pyrrole nitrogens is 1. The Labute approximate surface area is 182 Å². The van der Waals surface area contributed by atoms with Crippen molar-refractivity contribution in [3.63, 3.8) is 0 Å². The minimum atomic E-state index is -0.443. The lowest BCUT2D eigenvalue weighted by molar-refractivity contribution is -0.690. The van der Waals surface area contributed by atoms with Crippen molar-refractivity contribution in [2.24, 2.45) is 0 Å². The fraction of sp³-hybridized carbons (Fsp3) is 0.238. The Morgan fingerprint density at radius 2 is 1.93 bits per heavy atom. The van der Waals surface area contributed by atoms with Crippen molar-refractivity contribution in [2.45, 2.75) is 12.5 Å². The highest BCUT2D eigenvalue weighted by Crippen LogP contribution is 2.37. The number of aromatic nitrogens is 2. The molecule has 2 heterocycles. The van der Waals surface area contributed by atoms with E-state index in [4.69, 9.17) is 33.3 Å². The average molecular weight is 447 g/mol. The maximum Gasteiger partial charge on any atom is 0.265 e. The van der Waals surface area contributed by atoms with Gasteiger partial charge >= 0.3 is 0 Å². The molecular weight excluding hydrogens is 426 g/mol. The third-order valence-electron chi connectivity index (χ3n) is 5.32. The van der Waals surface area contributed by atoms with Crippen molar-refractivity contribution >= 4 is 23.8 Å². The first-order chi connectivity index (χ1) is 14.5. The number of para-hydroxylation sites is 1. The number of halogens is 1. The van der Waals surface area contributed by atoms with Crippen LogP contribution in [0.15, 0.2) is 41.2 Å². The van der Waals surface area contributed by atoms with Gasteiger partial charge in [0.25, 0.3) is 5.56 Å². The summed E-state index contributed by atoms with van der Waals surface area (Å²) in [7, 11) is 3.15. The molecular formula is C21H21ClN3O4S+. The predicted molar refractivity (Wildman–Crippen MR) is 116 cm³/mol. The molecule has 1 aromatic heterocycles. The quantitative estimate of drug-likeness (QED) is 0.535. The molecule has 4 rings (SSSR count). The van der Waals surface area contributed by atoms with Crippen molar-refractivity contribution in [3.05, 3.63) is 73.2 Å². The molecule has 0 saturated carbocycles. The van der Waals surface area contributed by atoms with Crippen molar-refractivity contribution < 1.29 is 19.9 Å². The third kappa shape index (κ3) is 3.36. The summed E-state index contributed by atoms with van der Waals surface area (Å²) in [5.74, 6) is 0.953. The molecule has 2 aromatic carbocycles. The number of methoxy groups -OCH3 is 2. The first-order valence-electron chi connectivity index (χ1n) is 9.37. The molecule has 0 radical (unpaired) electrons. The van der Waals surface area contributed by atoms with Crippen LogP contribution < -0.4 is 20.3 Å². The first-order valence-corrected chi connectivity index (χ1v) is 10.2. The van der Waals surface area contributed by atoms with Crippen LogP contribution in [0.1, 0.15) is 22.7 Å². The summed E-state index contributed by atoms with van der Waals surface area (Å²) in [6.45, 7) is 0.744. The van der Waals surface area contributed by atoms with E-state index in [2.05, 4.69) is 4.98 Å². The topological polar surface area (TPSA) is 93.1 Å². The van der Waals surface area contributed by atoms with Gasteiger partial charge in [0, 0.05) is 12.0 Å². The molecule has 7 nitrogen and oxygen atoms in total. The zero-order valence-electron chi connectivity index (χ0n) is 16.4. The lowest BCUT2D eigenvalue weighted by Gasteiger charge is -2.26. The summed E-state index contributed by atoms with van der Waals surface area (Å²) in [6, 6.07) is 10.3. The van der Waals surface area contributed by atoms with Crippen molar-refractivity contribution in [1.82, 2.24) is 9.55 Å². The number of ether oxygens (including phenoxy) is 2. The summed E-state index contributed by atoms with van der Waals surface area (Å²) in [5.41, 5.74) is 2.16. The number of quaternary nitrogens is 1. The Morgan fingerprint density at radius 1 is 1.23 bits per heavy atom. The Balaban J connectivity index is 1.96. The zero-order chi connectivity index (χ0) is 21.4. The number of hydrogen-bond donors (Lipinski definition) is 3. The molecule has 0 fully saturated rings. The highest BCUT2D eigenvalue weighted by atomic mass is 35.5. The van der Waals surface area contributed by atoms with E-state index < -0.39 is 11.6 Å². The number of aromatic hydroxyl groups is 1. The second-order valence-corrected chi connectivity index (χ2v) is 7.74. The van der Waals surface area contributed by atoms with Crippen LogP contribution in [0, 0.1) is 4.77 Å². The molecule has 0 amide bonds. The van der Waals surface area contributed by atoms with Gasteiger partial charge in [0.15, 0.2) is 16.3 Å². The van der Waals surface area contributed by atoms with Gasteiger partial charge in [-0.1, -0.05) is 23.7 Å². The van der Waals surface area contributed by atoms with Gasteiger partial charge in [-0.3, -0.25) is 14.3 Å². The van der Waals surface area contributed by atoms with Gasteiger partial charge < -0.3 is 19.9 Å². The zero-order valence-corrected chi connectivity index (χ0v) is 18.0. The van der Waals surface area contributed by atoms with E-state index in [0.717, 1.165) is 24.1 Å². The number of rotatable bonds is 4. The largest absolute Gasteiger partial charge is 0.494 e. The number of benzene rings is 2. The Kier molecular flexibility index (Phi) is 5.55. The van der Waals surface area contributed by atoms with Crippen LogP contribution in [0.25, 0.3) is 5.69 Å². The average Bonchev–Trinajstić information content (AvgIpc) is 2.73. The molecule has 3 aromatic rings. The molecule has 0 aliphatic carbocycles. The molecule has 9 heteroatoms. The van der Waals surface area contributed by atoms with Crippen molar-refractivity contribution in [3.8, 4) is 23.1 Å². The SMILES string of the molecule is COc1cc2c(cc1OC)[C@@H](c1c(O)n(-c3ccccc3Cl)c(=S)[nH]c1=O)[NH2+]CC2. The summed E-state index contributed by atoms with van der Waals surface area (Å²) in [4.78, 5) is 15.6. The molecule has 1 aliphatic rings. The lowest BCUT2D eigenvalue weighted by Crippen LogP contribution is -2.87. The van der Waals surface area contributed by atoms with Crippen LogP contribution in [0.4, 0.5) is 0 Å². The summed E-state index contributed by atoms with van der Waals surface area (Å²) in [6.07, 6.45) is 0.800. The minimum Gasteiger partial charge on any atom is -0.494 e. The Bertz CT molecular complexity index is 1240. The van der Waals surface area contributed by atoms with Gasteiger partial charge in [0.05, 0.1) is 31.5 Å². The molecule has 1 atom stereocenters.